The molecule has 7 heteroatoms. The maximum absolute atomic E-state index is 12.5. The zero-order valence-electron chi connectivity index (χ0n) is 11.5. The molecule has 0 aliphatic carbocycles. The monoisotopic (exact) mass is 332 g/mol. The van der Waals surface area contributed by atoms with Crippen molar-refractivity contribution in [3.8, 4) is 0 Å². The van der Waals surface area contributed by atoms with Crippen molar-refractivity contribution >= 4 is 43.0 Å². The summed E-state index contributed by atoms with van der Waals surface area (Å²) in [5.74, 6) is 0. The lowest BCUT2D eigenvalue weighted by molar-refractivity contribution is 0.498. The van der Waals surface area contributed by atoms with Gasteiger partial charge >= 0.3 is 0 Å². The predicted molar refractivity (Wildman–Crippen MR) is 85.0 cm³/mol. The maximum atomic E-state index is 12.5. The Morgan fingerprint density at radius 3 is 2.65 bits per heavy atom. The summed E-state index contributed by atoms with van der Waals surface area (Å²) in [5.41, 5.74) is 5.22. The average Bonchev–Trinajstić information content (AvgIpc) is 2.62. The van der Waals surface area contributed by atoms with Gasteiger partial charge < -0.3 is 5.73 Å². The number of hydrogen-bond acceptors (Lipinski definition) is 4. The molecular weight excluding hydrogens is 316 g/mol. The highest BCUT2D eigenvalue weighted by Crippen LogP contribution is 2.35. The van der Waals surface area contributed by atoms with Crippen LogP contribution in [0.15, 0.2) is 23.1 Å². The first-order valence-corrected chi connectivity index (χ1v) is 8.75. The molecule has 1 aromatic heterocycles. The van der Waals surface area contributed by atoms with E-state index in [-0.39, 0.29) is 6.54 Å². The van der Waals surface area contributed by atoms with E-state index in [1.807, 2.05) is 6.07 Å². The molecule has 0 atom stereocenters. The van der Waals surface area contributed by atoms with Gasteiger partial charge in [0.25, 0.3) is 0 Å². The second-order valence-corrected chi connectivity index (χ2v) is 8.84. The molecule has 110 valence electrons. The summed E-state index contributed by atoms with van der Waals surface area (Å²) in [6.45, 7) is 5.50. The van der Waals surface area contributed by atoms with Gasteiger partial charge in [0, 0.05) is 32.1 Å². The molecule has 0 spiro atoms. The van der Waals surface area contributed by atoms with Crippen molar-refractivity contribution in [2.75, 3.05) is 6.54 Å². The number of sulfonamides is 1. The van der Waals surface area contributed by atoms with E-state index in [2.05, 4.69) is 4.72 Å². The molecule has 3 N–H and O–H groups in total. The number of nitrogens with two attached hydrogens (primary N) is 1. The Balaban J connectivity index is 2.51. The van der Waals surface area contributed by atoms with Crippen molar-refractivity contribution in [3.05, 3.63) is 28.1 Å². The molecule has 0 aliphatic heterocycles. The lowest BCUT2D eigenvalue weighted by Crippen LogP contribution is -2.45. The van der Waals surface area contributed by atoms with Crippen molar-refractivity contribution in [1.82, 2.24) is 4.72 Å². The number of thiophene rings is 1. The third kappa shape index (κ3) is 3.32. The molecule has 0 bridgehead atoms. The second-order valence-electron chi connectivity index (χ2n) is 5.44. The molecule has 1 heterocycles. The van der Waals surface area contributed by atoms with E-state index in [0.717, 1.165) is 9.58 Å². The molecule has 0 fully saturated rings. The summed E-state index contributed by atoms with van der Waals surface area (Å²) < 4.78 is 28.4. The van der Waals surface area contributed by atoms with Gasteiger partial charge in [-0.05, 0) is 39.0 Å². The predicted octanol–water partition coefficient (Wildman–Crippen LogP) is 2.88. The average molecular weight is 333 g/mol. The quantitative estimate of drug-likeness (QED) is 0.904. The highest BCUT2D eigenvalue weighted by Gasteiger charge is 2.24. The van der Waals surface area contributed by atoms with Crippen LogP contribution in [-0.2, 0) is 10.0 Å². The SMILES string of the molecule is Cc1sc2ccc(Cl)cc2c1S(=O)(=O)NCC(C)(C)N. The Kier molecular flexibility index (Phi) is 4.15. The first kappa shape index (κ1) is 15.7. The van der Waals surface area contributed by atoms with E-state index in [1.165, 1.54) is 11.3 Å². The van der Waals surface area contributed by atoms with E-state index >= 15 is 0 Å². The van der Waals surface area contributed by atoms with Gasteiger partial charge in [-0.2, -0.15) is 0 Å². The smallest absolute Gasteiger partial charge is 0.242 e. The molecule has 0 aliphatic rings. The highest BCUT2D eigenvalue weighted by molar-refractivity contribution is 7.90. The van der Waals surface area contributed by atoms with Gasteiger partial charge in [0.2, 0.25) is 10.0 Å². The van der Waals surface area contributed by atoms with Crippen molar-refractivity contribution in [3.63, 3.8) is 0 Å². The van der Waals surface area contributed by atoms with Crippen LogP contribution in [-0.4, -0.2) is 20.5 Å². The largest absolute Gasteiger partial charge is 0.324 e. The number of hydrogen-bond donors (Lipinski definition) is 2. The normalized spacial score (nSPS) is 13.1. The number of fused-ring (bicyclic) bond motifs is 1. The molecule has 1 aromatic carbocycles. The van der Waals surface area contributed by atoms with Crippen LogP contribution in [0, 0.1) is 6.92 Å². The van der Waals surface area contributed by atoms with Crippen molar-refractivity contribution in [2.24, 2.45) is 5.73 Å². The summed E-state index contributed by atoms with van der Waals surface area (Å²) >= 11 is 7.41. The van der Waals surface area contributed by atoms with Crippen molar-refractivity contribution in [1.29, 1.82) is 0 Å². The van der Waals surface area contributed by atoms with E-state index in [0.29, 0.717) is 15.3 Å². The Morgan fingerprint density at radius 1 is 1.40 bits per heavy atom. The van der Waals surface area contributed by atoms with Crippen LogP contribution in [0.2, 0.25) is 5.02 Å². The fourth-order valence-electron chi connectivity index (χ4n) is 1.86. The Bertz CT molecular complexity index is 746. The summed E-state index contributed by atoms with van der Waals surface area (Å²) in [6, 6.07) is 5.27. The van der Waals surface area contributed by atoms with Crippen LogP contribution in [0.4, 0.5) is 0 Å². The van der Waals surface area contributed by atoms with Gasteiger partial charge in [0.15, 0.2) is 0 Å². The van der Waals surface area contributed by atoms with Crippen LogP contribution in [0.1, 0.15) is 18.7 Å². The highest BCUT2D eigenvalue weighted by atomic mass is 35.5. The minimum atomic E-state index is -3.60. The number of benzene rings is 1. The number of nitrogens with one attached hydrogen (secondary N) is 1. The maximum Gasteiger partial charge on any atom is 0.242 e. The van der Waals surface area contributed by atoms with Crippen LogP contribution >= 0.6 is 22.9 Å². The Hall–Kier alpha value is -0.660. The van der Waals surface area contributed by atoms with Gasteiger partial charge in [0.1, 0.15) is 4.90 Å². The zero-order valence-corrected chi connectivity index (χ0v) is 13.9. The molecule has 0 amide bonds. The molecule has 2 aromatic rings. The molecule has 4 nitrogen and oxygen atoms in total. The fraction of sp³-hybridized carbons (Fsp3) is 0.385. The Labute approximate surface area is 128 Å². The lowest BCUT2D eigenvalue weighted by Gasteiger charge is -2.19. The van der Waals surface area contributed by atoms with Crippen LogP contribution in [0.25, 0.3) is 10.1 Å². The number of halogens is 1. The molecule has 20 heavy (non-hydrogen) atoms. The summed E-state index contributed by atoms with van der Waals surface area (Å²) in [7, 11) is -3.60. The third-order valence-electron chi connectivity index (χ3n) is 2.76. The van der Waals surface area contributed by atoms with E-state index in [1.54, 1.807) is 32.9 Å². The lowest BCUT2D eigenvalue weighted by atomic mass is 10.1. The standard InChI is InChI=1S/C13H17ClN2O2S2/c1-8-12(20(17,18)16-7-13(2,3)15)10-6-9(14)4-5-11(10)19-8/h4-6,16H,7,15H2,1-3H3. The van der Waals surface area contributed by atoms with E-state index in [4.69, 9.17) is 17.3 Å². The number of aryl methyl sites for hydroxylation is 1. The molecule has 0 radical (unpaired) electrons. The first-order chi connectivity index (χ1) is 9.10. The van der Waals surface area contributed by atoms with Crippen molar-refractivity contribution < 1.29 is 8.42 Å². The van der Waals surface area contributed by atoms with Gasteiger partial charge in [0.05, 0.1) is 0 Å². The molecule has 0 saturated carbocycles. The number of rotatable bonds is 4. The molecular formula is C13H17ClN2O2S2. The summed E-state index contributed by atoms with van der Waals surface area (Å²) in [4.78, 5) is 1.04. The van der Waals surface area contributed by atoms with Gasteiger partial charge in [-0.3, -0.25) is 0 Å². The van der Waals surface area contributed by atoms with Crippen LogP contribution < -0.4 is 10.5 Å². The minimum Gasteiger partial charge on any atom is -0.324 e. The molecule has 0 unspecified atom stereocenters. The van der Waals surface area contributed by atoms with Crippen molar-refractivity contribution in [2.45, 2.75) is 31.2 Å². The summed E-state index contributed by atoms with van der Waals surface area (Å²) in [6.07, 6.45) is 0. The van der Waals surface area contributed by atoms with Gasteiger partial charge in [-0.25, -0.2) is 13.1 Å². The minimum absolute atomic E-state index is 0.173. The first-order valence-electron chi connectivity index (χ1n) is 6.07. The molecule has 0 saturated heterocycles. The van der Waals surface area contributed by atoms with Gasteiger partial charge in [-0.15, -0.1) is 11.3 Å². The van der Waals surface area contributed by atoms with E-state index in [9.17, 15) is 8.42 Å². The van der Waals surface area contributed by atoms with Crippen LogP contribution in [0.3, 0.4) is 0 Å². The topological polar surface area (TPSA) is 72.2 Å². The van der Waals surface area contributed by atoms with Crippen LogP contribution in [0.5, 0.6) is 0 Å². The second kappa shape index (κ2) is 5.27. The summed E-state index contributed by atoms with van der Waals surface area (Å²) in [5, 5.41) is 1.17. The van der Waals surface area contributed by atoms with Gasteiger partial charge in [-0.1, -0.05) is 11.6 Å². The third-order valence-corrected chi connectivity index (χ3v) is 5.79. The zero-order chi connectivity index (χ0) is 15.1. The van der Waals surface area contributed by atoms with E-state index < -0.39 is 15.6 Å². The Morgan fingerprint density at radius 2 is 2.05 bits per heavy atom. The molecule has 2 rings (SSSR count). The fourth-order valence-corrected chi connectivity index (χ4v) is 5.03.